The molecule has 1 atom stereocenters. The Morgan fingerprint density at radius 1 is 1.14 bits per heavy atom. The smallest absolute Gasteiger partial charge is 0.261 e. The molecule has 1 unspecified atom stereocenters. The highest BCUT2D eigenvalue weighted by Crippen LogP contribution is 2.26. The van der Waals surface area contributed by atoms with Gasteiger partial charge in [0.25, 0.3) is 11.5 Å². The van der Waals surface area contributed by atoms with E-state index in [9.17, 15) is 9.59 Å². The summed E-state index contributed by atoms with van der Waals surface area (Å²) in [7, 11) is 1.65. The maximum atomic E-state index is 13.0. The number of halogens is 3. The summed E-state index contributed by atoms with van der Waals surface area (Å²) in [5, 5.41) is 1.64. The van der Waals surface area contributed by atoms with E-state index < -0.39 is 6.04 Å². The topological polar surface area (TPSA) is 55.2 Å². The van der Waals surface area contributed by atoms with E-state index in [0.717, 1.165) is 0 Å². The van der Waals surface area contributed by atoms with Gasteiger partial charge in [-0.3, -0.25) is 14.2 Å². The normalized spacial score (nSPS) is 12.2. The van der Waals surface area contributed by atoms with Crippen LogP contribution in [0.1, 0.15) is 36.1 Å². The van der Waals surface area contributed by atoms with E-state index in [4.69, 9.17) is 34.8 Å². The summed E-state index contributed by atoms with van der Waals surface area (Å²) in [6.07, 6.45) is 0. The summed E-state index contributed by atoms with van der Waals surface area (Å²) < 4.78 is 1.55. The van der Waals surface area contributed by atoms with Crippen molar-refractivity contribution < 1.29 is 4.79 Å². The van der Waals surface area contributed by atoms with Crippen LogP contribution in [-0.4, -0.2) is 27.4 Å². The Kier molecular flexibility index (Phi) is 5.98. The van der Waals surface area contributed by atoms with Gasteiger partial charge in [-0.2, -0.15) is 0 Å². The highest BCUT2D eigenvalue weighted by molar-refractivity contribution is 6.36. The van der Waals surface area contributed by atoms with Crippen LogP contribution in [0.5, 0.6) is 0 Å². The molecule has 0 N–H and O–H groups in total. The van der Waals surface area contributed by atoms with Crippen LogP contribution in [0.25, 0.3) is 10.9 Å². The van der Waals surface area contributed by atoms with Gasteiger partial charge in [0, 0.05) is 23.6 Å². The predicted molar refractivity (Wildman–Crippen MR) is 114 cm³/mol. The molecule has 1 heterocycles. The Bertz CT molecular complexity index is 1130. The van der Waals surface area contributed by atoms with E-state index in [1.807, 2.05) is 13.8 Å². The highest BCUT2D eigenvalue weighted by Gasteiger charge is 2.25. The molecule has 0 aliphatic carbocycles. The molecule has 0 aliphatic heterocycles. The van der Waals surface area contributed by atoms with E-state index in [-0.39, 0.29) is 16.5 Å². The second-order valence-electron chi connectivity index (χ2n) is 6.40. The molecule has 1 amide bonds. The molecular weight excluding hydrogens is 421 g/mol. The lowest BCUT2D eigenvalue weighted by Crippen LogP contribution is -2.35. The molecular formula is C20H18Cl3N3O2. The molecule has 3 rings (SSSR count). The van der Waals surface area contributed by atoms with Gasteiger partial charge in [0.05, 0.1) is 27.5 Å². The van der Waals surface area contributed by atoms with Crippen LogP contribution in [0.3, 0.4) is 0 Å². The second-order valence-corrected chi connectivity index (χ2v) is 7.68. The van der Waals surface area contributed by atoms with Crippen LogP contribution in [0, 0.1) is 0 Å². The number of fused-ring (bicyclic) bond motifs is 1. The van der Waals surface area contributed by atoms with Gasteiger partial charge >= 0.3 is 0 Å². The maximum Gasteiger partial charge on any atom is 0.261 e. The van der Waals surface area contributed by atoms with Crippen LogP contribution in [0.15, 0.2) is 41.2 Å². The van der Waals surface area contributed by atoms with E-state index in [2.05, 4.69) is 4.98 Å². The number of hydrogen-bond donors (Lipinski definition) is 0. The lowest BCUT2D eigenvalue weighted by Gasteiger charge is -2.27. The molecule has 0 radical (unpaired) electrons. The zero-order valence-corrected chi connectivity index (χ0v) is 17.8. The lowest BCUT2D eigenvalue weighted by atomic mass is 10.1. The first-order valence-electron chi connectivity index (χ1n) is 8.66. The predicted octanol–water partition coefficient (Wildman–Crippen LogP) is 5.21. The molecule has 0 fully saturated rings. The molecule has 28 heavy (non-hydrogen) atoms. The number of carbonyl (C=O) groups is 1. The first kappa shape index (κ1) is 20.6. The third-order valence-electron chi connectivity index (χ3n) is 4.70. The fourth-order valence-corrected chi connectivity index (χ4v) is 3.70. The van der Waals surface area contributed by atoms with Gasteiger partial charge in [-0.1, -0.05) is 34.8 Å². The average Bonchev–Trinajstić information content (AvgIpc) is 2.66. The lowest BCUT2D eigenvalue weighted by molar-refractivity contribution is 0.0733. The number of benzene rings is 2. The largest absolute Gasteiger partial charge is 0.332 e. The molecule has 8 heteroatoms. The third-order valence-corrected chi connectivity index (χ3v) is 5.48. The van der Waals surface area contributed by atoms with Gasteiger partial charge in [0.15, 0.2) is 0 Å². The summed E-state index contributed by atoms with van der Waals surface area (Å²) in [5.74, 6) is 0.200. The minimum absolute atomic E-state index is 0.192. The van der Waals surface area contributed by atoms with Crippen molar-refractivity contribution in [3.8, 4) is 0 Å². The van der Waals surface area contributed by atoms with Crippen molar-refractivity contribution in [2.45, 2.75) is 26.4 Å². The fraction of sp³-hybridized carbons (Fsp3) is 0.250. The Hall–Kier alpha value is -2.08. The number of rotatable bonds is 4. The van der Waals surface area contributed by atoms with Crippen molar-refractivity contribution in [2.75, 3.05) is 7.05 Å². The van der Waals surface area contributed by atoms with Crippen LogP contribution < -0.4 is 5.56 Å². The van der Waals surface area contributed by atoms with Gasteiger partial charge in [-0.25, -0.2) is 4.98 Å². The molecule has 2 aromatic carbocycles. The van der Waals surface area contributed by atoms with Gasteiger partial charge in [-0.05, 0) is 50.2 Å². The zero-order valence-electron chi connectivity index (χ0n) is 15.5. The SMILES string of the molecule is CCn1c(C(C)N(C)C(=O)c2ccc(Cl)cc2Cl)nc2ccc(Cl)cc2c1=O. The highest BCUT2D eigenvalue weighted by atomic mass is 35.5. The Balaban J connectivity index is 2.07. The molecule has 3 aromatic rings. The summed E-state index contributed by atoms with van der Waals surface area (Å²) >= 11 is 18.1. The second kappa shape index (κ2) is 8.11. The number of nitrogens with zero attached hydrogens (tertiary/aromatic N) is 3. The first-order valence-corrected chi connectivity index (χ1v) is 9.80. The Labute approximate surface area is 177 Å². The summed E-state index contributed by atoms with van der Waals surface area (Å²) in [5.41, 5.74) is 0.673. The zero-order chi connectivity index (χ0) is 20.6. The fourth-order valence-electron chi connectivity index (χ4n) is 3.04. The molecule has 146 valence electrons. The molecule has 5 nitrogen and oxygen atoms in total. The van der Waals surface area contributed by atoms with Crippen molar-refractivity contribution in [1.29, 1.82) is 0 Å². The summed E-state index contributed by atoms with van der Waals surface area (Å²) in [6.45, 7) is 4.09. The quantitative estimate of drug-likeness (QED) is 0.562. The number of carbonyl (C=O) groups excluding carboxylic acids is 1. The van der Waals surface area contributed by atoms with Crippen LogP contribution in [-0.2, 0) is 6.54 Å². The number of hydrogen-bond acceptors (Lipinski definition) is 3. The van der Waals surface area contributed by atoms with Gasteiger partial charge in [0.1, 0.15) is 5.82 Å². The molecule has 0 aliphatic rings. The van der Waals surface area contributed by atoms with Crippen molar-refractivity contribution in [2.24, 2.45) is 0 Å². The molecule has 0 spiro atoms. The van der Waals surface area contributed by atoms with Crippen LogP contribution in [0.4, 0.5) is 0 Å². The molecule has 0 bridgehead atoms. The standard InChI is InChI=1S/C20H18Cl3N3O2/c1-4-26-18(24-17-8-6-12(21)9-15(17)20(26)28)11(2)25(3)19(27)14-7-5-13(22)10-16(14)23/h5-11H,4H2,1-3H3. The van der Waals surface area contributed by atoms with Crippen LogP contribution in [0.2, 0.25) is 15.1 Å². The summed E-state index contributed by atoms with van der Waals surface area (Å²) in [4.78, 5) is 32.0. The van der Waals surface area contributed by atoms with Crippen LogP contribution >= 0.6 is 34.8 Å². The van der Waals surface area contributed by atoms with Crippen molar-refractivity contribution in [3.05, 3.63) is 73.2 Å². The van der Waals surface area contributed by atoms with E-state index in [1.54, 1.807) is 41.9 Å². The van der Waals surface area contributed by atoms with Gasteiger partial charge in [-0.15, -0.1) is 0 Å². The first-order chi connectivity index (χ1) is 13.2. The number of aromatic nitrogens is 2. The number of amides is 1. The Morgan fingerprint density at radius 2 is 1.79 bits per heavy atom. The van der Waals surface area contributed by atoms with E-state index in [0.29, 0.717) is 38.9 Å². The van der Waals surface area contributed by atoms with Crippen molar-refractivity contribution in [3.63, 3.8) is 0 Å². The Morgan fingerprint density at radius 3 is 2.43 bits per heavy atom. The minimum Gasteiger partial charge on any atom is -0.332 e. The molecule has 1 aromatic heterocycles. The van der Waals surface area contributed by atoms with Crippen molar-refractivity contribution in [1.82, 2.24) is 14.5 Å². The maximum absolute atomic E-state index is 13.0. The summed E-state index contributed by atoms with van der Waals surface area (Å²) in [6, 6.07) is 9.24. The van der Waals surface area contributed by atoms with Gasteiger partial charge in [0.2, 0.25) is 0 Å². The average molecular weight is 439 g/mol. The van der Waals surface area contributed by atoms with Gasteiger partial charge < -0.3 is 4.90 Å². The molecule has 0 saturated carbocycles. The third kappa shape index (κ3) is 3.75. The molecule has 0 saturated heterocycles. The van der Waals surface area contributed by atoms with E-state index in [1.165, 1.54) is 11.0 Å². The minimum atomic E-state index is -0.466. The monoisotopic (exact) mass is 437 g/mol. The van der Waals surface area contributed by atoms with Crippen molar-refractivity contribution >= 4 is 51.6 Å². The van der Waals surface area contributed by atoms with E-state index >= 15 is 0 Å².